The molecule has 1 aliphatic rings. The lowest BCUT2D eigenvalue weighted by molar-refractivity contribution is -0.136. The zero-order valence-electron chi connectivity index (χ0n) is 12.4. The van der Waals surface area contributed by atoms with Crippen LogP contribution in [-0.4, -0.2) is 36.2 Å². The zero-order valence-corrected chi connectivity index (χ0v) is 12.4. The molecule has 0 bridgehead atoms. The monoisotopic (exact) mass is 295 g/mol. The summed E-state index contributed by atoms with van der Waals surface area (Å²) in [5.41, 5.74) is 0.781. The van der Waals surface area contributed by atoms with Crippen LogP contribution in [0.25, 0.3) is 0 Å². The lowest BCUT2D eigenvalue weighted by Gasteiger charge is -2.42. The minimum absolute atomic E-state index is 0.207. The van der Waals surface area contributed by atoms with E-state index in [0.29, 0.717) is 17.7 Å². The van der Waals surface area contributed by atoms with E-state index >= 15 is 0 Å². The number of hydrogen-bond donors (Lipinski definition) is 2. The SMILES string of the molecule is COCCC1(NC(=O)c2c(C)coc2CC(=O)O)CCC1. The second-order valence-electron chi connectivity index (χ2n) is 5.62. The van der Waals surface area contributed by atoms with Crippen LogP contribution in [0.4, 0.5) is 0 Å². The van der Waals surface area contributed by atoms with E-state index in [1.807, 2.05) is 0 Å². The van der Waals surface area contributed by atoms with Gasteiger partial charge in [0.05, 0.1) is 11.8 Å². The smallest absolute Gasteiger partial charge is 0.311 e. The van der Waals surface area contributed by atoms with Crippen molar-refractivity contribution in [2.45, 2.75) is 44.6 Å². The van der Waals surface area contributed by atoms with Gasteiger partial charge < -0.3 is 19.6 Å². The highest BCUT2D eigenvalue weighted by molar-refractivity contribution is 5.98. The summed E-state index contributed by atoms with van der Waals surface area (Å²) < 4.78 is 10.3. The van der Waals surface area contributed by atoms with Gasteiger partial charge in [0.15, 0.2) is 0 Å². The van der Waals surface area contributed by atoms with Crippen LogP contribution in [0.15, 0.2) is 10.7 Å². The molecule has 1 aromatic heterocycles. The largest absolute Gasteiger partial charge is 0.481 e. The maximum atomic E-state index is 12.5. The second kappa shape index (κ2) is 6.30. The molecule has 0 unspecified atom stereocenters. The molecule has 0 spiro atoms. The summed E-state index contributed by atoms with van der Waals surface area (Å²) in [4.78, 5) is 23.3. The number of aryl methyl sites for hydroxylation is 1. The van der Waals surface area contributed by atoms with Crippen molar-refractivity contribution in [1.29, 1.82) is 0 Å². The van der Waals surface area contributed by atoms with Crippen LogP contribution in [0.3, 0.4) is 0 Å². The maximum Gasteiger partial charge on any atom is 0.311 e. The Morgan fingerprint density at radius 3 is 2.71 bits per heavy atom. The van der Waals surface area contributed by atoms with E-state index in [4.69, 9.17) is 14.3 Å². The van der Waals surface area contributed by atoms with Gasteiger partial charge in [-0.2, -0.15) is 0 Å². The van der Waals surface area contributed by atoms with Gasteiger partial charge in [-0.3, -0.25) is 9.59 Å². The summed E-state index contributed by atoms with van der Waals surface area (Å²) >= 11 is 0. The zero-order chi connectivity index (χ0) is 15.5. The van der Waals surface area contributed by atoms with Gasteiger partial charge >= 0.3 is 5.97 Å². The van der Waals surface area contributed by atoms with E-state index in [1.54, 1.807) is 14.0 Å². The highest BCUT2D eigenvalue weighted by Crippen LogP contribution is 2.35. The first-order chi connectivity index (χ1) is 9.97. The number of aliphatic carboxylic acids is 1. The molecule has 1 amide bonds. The molecule has 6 nitrogen and oxygen atoms in total. The molecule has 1 aliphatic carbocycles. The highest BCUT2D eigenvalue weighted by Gasteiger charge is 2.39. The number of furan rings is 1. The van der Waals surface area contributed by atoms with E-state index in [9.17, 15) is 9.59 Å². The Kier molecular flexibility index (Phi) is 4.67. The Hall–Kier alpha value is -1.82. The van der Waals surface area contributed by atoms with E-state index < -0.39 is 5.97 Å². The average Bonchev–Trinajstić information content (AvgIpc) is 2.72. The van der Waals surface area contributed by atoms with Crippen LogP contribution >= 0.6 is 0 Å². The first-order valence-electron chi connectivity index (χ1n) is 7.08. The third kappa shape index (κ3) is 3.44. The van der Waals surface area contributed by atoms with Crippen molar-refractivity contribution in [3.63, 3.8) is 0 Å². The van der Waals surface area contributed by atoms with Crippen molar-refractivity contribution in [3.05, 3.63) is 23.2 Å². The van der Waals surface area contributed by atoms with Crippen LogP contribution in [0.1, 0.15) is 47.4 Å². The molecule has 0 radical (unpaired) electrons. The quantitative estimate of drug-likeness (QED) is 0.802. The van der Waals surface area contributed by atoms with E-state index in [2.05, 4.69) is 5.32 Å². The molecule has 1 fully saturated rings. The van der Waals surface area contributed by atoms with Crippen LogP contribution < -0.4 is 5.32 Å². The van der Waals surface area contributed by atoms with Gasteiger partial charge in [0.1, 0.15) is 12.2 Å². The van der Waals surface area contributed by atoms with E-state index in [1.165, 1.54) is 6.26 Å². The average molecular weight is 295 g/mol. The van der Waals surface area contributed by atoms with Gasteiger partial charge in [-0.25, -0.2) is 0 Å². The number of methoxy groups -OCH3 is 1. The summed E-state index contributed by atoms with van der Waals surface area (Å²) in [6, 6.07) is 0. The number of carboxylic acid groups (broad SMARTS) is 1. The Balaban J connectivity index is 2.12. The van der Waals surface area contributed by atoms with Crippen molar-refractivity contribution >= 4 is 11.9 Å². The minimum atomic E-state index is -1.02. The highest BCUT2D eigenvalue weighted by atomic mass is 16.5. The van der Waals surface area contributed by atoms with E-state index in [-0.39, 0.29) is 23.6 Å². The van der Waals surface area contributed by atoms with Crippen molar-refractivity contribution in [2.75, 3.05) is 13.7 Å². The summed E-state index contributed by atoms with van der Waals surface area (Å²) in [6.07, 6.45) is 4.83. The molecule has 0 aliphatic heterocycles. The third-order valence-corrected chi connectivity index (χ3v) is 4.06. The normalized spacial score (nSPS) is 16.3. The molecule has 116 valence electrons. The Bertz CT molecular complexity index is 530. The van der Waals surface area contributed by atoms with Gasteiger partial charge in [0, 0.05) is 24.8 Å². The molecule has 0 aromatic carbocycles. The third-order valence-electron chi connectivity index (χ3n) is 4.06. The number of carbonyl (C=O) groups is 2. The molecule has 0 atom stereocenters. The number of hydrogen-bond acceptors (Lipinski definition) is 4. The first-order valence-corrected chi connectivity index (χ1v) is 7.08. The van der Waals surface area contributed by atoms with Crippen molar-refractivity contribution < 1.29 is 23.8 Å². The first kappa shape index (κ1) is 15.6. The number of carboxylic acids is 1. The maximum absolute atomic E-state index is 12.5. The van der Waals surface area contributed by atoms with E-state index in [0.717, 1.165) is 25.7 Å². The Labute approximate surface area is 123 Å². The fourth-order valence-corrected chi connectivity index (χ4v) is 2.71. The van der Waals surface area contributed by atoms with Crippen LogP contribution in [-0.2, 0) is 16.0 Å². The molecule has 2 rings (SSSR count). The molecule has 21 heavy (non-hydrogen) atoms. The molecule has 0 saturated heterocycles. The lowest BCUT2D eigenvalue weighted by atomic mass is 9.74. The fraction of sp³-hybridized carbons (Fsp3) is 0.600. The number of nitrogens with one attached hydrogen (secondary N) is 1. The van der Waals surface area contributed by atoms with Crippen LogP contribution in [0.5, 0.6) is 0 Å². The molecular weight excluding hydrogens is 274 g/mol. The van der Waals surface area contributed by atoms with Gasteiger partial charge in [0.25, 0.3) is 5.91 Å². The molecule has 2 N–H and O–H groups in total. The van der Waals surface area contributed by atoms with Gasteiger partial charge in [0.2, 0.25) is 0 Å². The minimum Gasteiger partial charge on any atom is -0.481 e. The predicted molar refractivity (Wildman–Crippen MR) is 75.3 cm³/mol. The number of amides is 1. The van der Waals surface area contributed by atoms with Gasteiger partial charge in [-0.15, -0.1) is 0 Å². The lowest BCUT2D eigenvalue weighted by Crippen LogP contribution is -2.54. The Morgan fingerprint density at radius 2 is 2.19 bits per heavy atom. The summed E-state index contributed by atoms with van der Waals surface area (Å²) in [6.45, 7) is 2.33. The molecule has 1 heterocycles. The van der Waals surface area contributed by atoms with Crippen molar-refractivity contribution in [1.82, 2.24) is 5.32 Å². The van der Waals surface area contributed by atoms with Gasteiger partial charge in [-0.1, -0.05) is 0 Å². The molecular formula is C15H21NO5. The number of ether oxygens (including phenoxy) is 1. The molecule has 1 aromatic rings. The standard InChI is InChI=1S/C15H21NO5/c1-10-9-21-11(8-12(17)18)13(10)14(19)16-15(4-3-5-15)6-7-20-2/h9H,3-8H2,1-2H3,(H,16,19)(H,17,18). The summed E-state index contributed by atoms with van der Waals surface area (Å²) in [5.74, 6) is -1.07. The van der Waals surface area contributed by atoms with Crippen molar-refractivity contribution in [3.8, 4) is 0 Å². The number of rotatable bonds is 7. The van der Waals surface area contributed by atoms with Gasteiger partial charge in [-0.05, 0) is 32.6 Å². The summed E-state index contributed by atoms with van der Waals surface area (Å²) in [7, 11) is 1.64. The second-order valence-corrected chi connectivity index (χ2v) is 5.62. The molecule has 1 saturated carbocycles. The number of carbonyl (C=O) groups excluding carboxylic acids is 1. The Morgan fingerprint density at radius 1 is 1.48 bits per heavy atom. The molecule has 6 heteroatoms. The van der Waals surface area contributed by atoms with Crippen LogP contribution in [0.2, 0.25) is 0 Å². The van der Waals surface area contributed by atoms with Crippen LogP contribution in [0, 0.1) is 6.92 Å². The predicted octanol–water partition coefficient (Wildman–Crippen LogP) is 1.90. The van der Waals surface area contributed by atoms with Crippen molar-refractivity contribution in [2.24, 2.45) is 0 Å². The summed E-state index contributed by atoms with van der Waals surface area (Å²) in [5, 5.41) is 11.9. The topological polar surface area (TPSA) is 88.8 Å². The fourth-order valence-electron chi connectivity index (χ4n) is 2.71.